The van der Waals surface area contributed by atoms with Crippen LogP contribution in [0, 0.1) is 0 Å². The highest BCUT2D eigenvalue weighted by atomic mass is 32.1. The summed E-state index contributed by atoms with van der Waals surface area (Å²) in [5.41, 5.74) is 1.33. The van der Waals surface area contributed by atoms with Crippen molar-refractivity contribution in [3.63, 3.8) is 0 Å². The van der Waals surface area contributed by atoms with Gasteiger partial charge in [-0.05, 0) is 42.2 Å². The molecular formula is C22H32N4O4S. The number of hydrogen-bond donors (Lipinski definition) is 2. The van der Waals surface area contributed by atoms with E-state index in [1.165, 1.54) is 0 Å². The first-order valence-electron chi connectivity index (χ1n) is 10.6. The minimum absolute atomic E-state index is 0.112. The second kappa shape index (κ2) is 12.0. The zero-order chi connectivity index (χ0) is 22.1. The number of nitrogens with zero attached hydrogens (tertiary/aromatic N) is 2. The van der Waals surface area contributed by atoms with E-state index in [0.29, 0.717) is 29.6 Å². The molecule has 1 aliphatic rings. The molecule has 1 aromatic carbocycles. The molecule has 0 amide bonds. The summed E-state index contributed by atoms with van der Waals surface area (Å²) in [6, 6.07) is 7.61. The van der Waals surface area contributed by atoms with Crippen LogP contribution in [0.3, 0.4) is 0 Å². The first-order chi connectivity index (χ1) is 15.1. The van der Waals surface area contributed by atoms with Gasteiger partial charge < -0.3 is 29.4 Å². The topological polar surface area (TPSA) is 79.1 Å². The van der Waals surface area contributed by atoms with Gasteiger partial charge in [0.25, 0.3) is 5.56 Å². The number of benzene rings is 1. The molecule has 8 nitrogen and oxygen atoms in total. The molecule has 2 aromatic rings. The molecule has 170 valence electrons. The van der Waals surface area contributed by atoms with Crippen LogP contribution in [0.2, 0.25) is 0 Å². The molecule has 1 fully saturated rings. The van der Waals surface area contributed by atoms with Crippen molar-refractivity contribution in [2.75, 3.05) is 66.8 Å². The number of thiocarbonyl (C=S) groups is 1. The van der Waals surface area contributed by atoms with Gasteiger partial charge in [0.1, 0.15) is 5.75 Å². The maximum Gasteiger partial charge on any atom is 0.253 e. The molecule has 0 saturated carbocycles. The van der Waals surface area contributed by atoms with Gasteiger partial charge in [-0.2, -0.15) is 0 Å². The van der Waals surface area contributed by atoms with Gasteiger partial charge in [0.2, 0.25) is 0 Å². The lowest BCUT2D eigenvalue weighted by molar-refractivity contribution is 0.0357. The van der Waals surface area contributed by atoms with Crippen LogP contribution in [0.25, 0.3) is 10.9 Å². The number of methoxy groups -OCH3 is 2. The van der Waals surface area contributed by atoms with Crippen molar-refractivity contribution in [2.45, 2.75) is 13.0 Å². The SMILES string of the molecule is COCCCNC(=S)N(CCN1CCOCC1)Cc1cc2ccc(OC)cc2[nH]c1=O. The molecule has 1 aliphatic heterocycles. The number of aromatic nitrogens is 1. The predicted octanol–water partition coefficient (Wildman–Crippen LogP) is 1.58. The Morgan fingerprint density at radius 2 is 2.10 bits per heavy atom. The molecule has 0 unspecified atom stereocenters. The minimum atomic E-state index is -0.112. The number of rotatable bonds is 10. The van der Waals surface area contributed by atoms with Crippen LogP contribution in [0.5, 0.6) is 5.75 Å². The van der Waals surface area contributed by atoms with Crippen molar-refractivity contribution in [3.05, 3.63) is 40.2 Å². The number of pyridine rings is 1. The van der Waals surface area contributed by atoms with Crippen LogP contribution in [0.4, 0.5) is 0 Å². The van der Waals surface area contributed by atoms with Crippen molar-refractivity contribution in [2.24, 2.45) is 0 Å². The number of fused-ring (bicyclic) bond motifs is 1. The third-order valence-electron chi connectivity index (χ3n) is 5.37. The molecule has 0 bridgehead atoms. The fraction of sp³-hybridized carbons (Fsp3) is 0.545. The number of hydrogen-bond acceptors (Lipinski definition) is 6. The Bertz CT molecular complexity index is 914. The molecule has 0 atom stereocenters. The van der Waals surface area contributed by atoms with Crippen LogP contribution < -0.4 is 15.6 Å². The van der Waals surface area contributed by atoms with E-state index in [1.54, 1.807) is 14.2 Å². The largest absolute Gasteiger partial charge is 0.497 e. The number of nitrogens with one attached hydrogen (secondary N) is 2. The van der Waals surface area contributed by atoms with Gasteiger partial charge in [-0.1, -0.05) is 0 Å². The lowest BCUT2D eigenvalue weighted by Crippen LogP contribution is -2.46. The molecule has 2 heterocycles. The Hall–Kier alpha value is -2.20. The molecule has 2 N–H and O–H groups in total. The highest BCUT2D eigenvalue weighted by Crippen LogP contribution is 2.19. The Morgan fingerprint density at radius 3 is 2.84 bits per heavy atom. The van der Waals surface area contributed by atoms with Crippen LogP contribution in [0.1, 0.15) is 12.0 Å². The number of morpholine rings is 1. The second-order valence-corrected chi connectivity index (χ2v) is 7.92. The van der Waals surface area contributed by atoms with Gasteiger partial charge in [0.15, 0.2) is 5.11 Å². The Balaban J connectivity index is 1.73. The average molecular weight is 449 g/mol. The molecule has 3 rings (SSSR count). The quantitative estimate of drug-likeness (QED) is 0.419. The van der Waals surface area contributed by atoms with E-state index in [0.717, 1.165) is 63.3 Å². The van der Waals surface area contributed by atoms with E-state index in [9.17, 15) is 4.79 Å². The summed E-state index contributed by atoms with van der Waals surface area (Å²) in [5.74, 6) is 0.712. The van der Waals surface area contributed by atoms with Gasteiger partial charge in [0, 0.05) is 58.1 Å². The molecular weight excluding hydrogens is 416 g/mol. The van der Waals surface area contributed by atoms with E-state index in [1.807, 2.05) is 24.3 Å². The Morgan fingerprint density at radius 1 is 1.29 bits per heavy atom. The van der Waals surface area contributed by atoms with Crippen LogP contribution in [-0.2, 0) is 16.0 Å². The zero-order valence-corrected chi connectivity index (χ0v) is 19.1. The van der Waals surface area contributed by atoms with Crippen molar-refractivity contribution >= 4 is 28.2 Å². The van der Waals surface area contributed by atoms with Gasteiger partial charge in [-0.3, -0.25) is 9.69 Å². The fourth-order valence-electron chi connectivity index (χ4n) is 3.54. The summed E-state index contributed by atoms with van der Waals surface area (Å²) in [5, 5.41) is 4.91. The molecule has 0 aliphatic carbocycles. The Labute approximate surface area is 188 Å². The zero-order valence-electron chi connectivity index (χ0n) is 18.3. The summed E-state index contributed by atoms with van der Waals surface area (Å²) in [6.45, 7) is 6.80. The van der Waals surface area contributed by atoms with E-state index >= 15 is 0 Å². The van der Waals surface area contributed by atoms with Crippen LogP contribution in [-0.4, -0.2) is 86.7 Å². The molecule has 1 saturated heterocycles. The summed E-state index contributed by atoms with van der Waals surface area (Å²) < 4.78 is 15.8. The lowest BCUT2D eigenvalue weighted by Gasteiger charge is -2.31. The maximum atomic E-state index is 12.8. The van der Waals surface area contributed by atoms with E-state index in [-0.39, 0.29) is 5.56 Å². The van der Waals surface area contributed by atoms with Gasteiger partial charge >= 0.3 is 0 Å². The first-order valence-corrected chi connectivity index (χ1v) is 11.0. The highest BCUT2D eigenvalue weighted by Gasteiger charge is 2.16. The van der Waals surface area contributed by atoms with Crippen molar-refractivity contribution in [1.82, 2.24) is 20.1 Å². The Kier molecular flexibility index (Phi) is 9.08. The van der Waals surface area contributed by atoms with E-state index < -0.39 is 0 Å². The smallest absolute Gasteiger partial charge is 0.253 e. The summed E-state index contributed by atoms with van der Waals surface area (Å²) in [7, 11) is 3.30. The van der Waals surface area contributed by atoms with E-state index in [2.05, 4.69) is 20.1 Å². The maximum absolute atomic E-state index is 12.8. The number of H-pyrrole nitrogens is 1. The van der Waals surface area contributed by atoms with Gasteiger partial charge in [-0.25, -0.2) is 0 Å². The first kappa shape index (κ1) is 23.5. The second-order valence-electron chi connectivity index (χ2n) is 7.53. The van der Waals surface area contributed by atoms with Crippen LogP contribution >= 0.6 is 12.2 Å². The summed E-state index contributed by atoms with van der Waals surface area (Å²) >= 11 is 5.67. The predicted molar refractivity (Wildman–Crippen MR) is 126 cm³/mol. The molecule has 0 radical (unpaired) electrons. The lowest BCUT2D eigenvalue weighted by atomic mass is 10.1. The van der Waals surface area contributed by atoms with Crippen molar-refractivity contribution in [1.29, 1.82) is 0 Å². The monoisotopic (exact) mass is 448 g/mol. The summed E-state index contributed by atoms with van der Waals surface area (Å²) in [4.78, 5) is 20.2. The third kappa shape index (κ3) is 6.90. The normalized spacial score (nSPS) is 14.5. The summed E-state index contributed by atoms with van der Waals surface area (Å²) in [6.07, 6.45) is 0.867. The molecule has 9 heteroatoms. The minimum Gasteiger partial charge on any atom is -0.497 e. The van der Waals surface area contributed by atoms with Crippen LogP contribution in [0.15, 0.2) is 29.1 Å². The average Bonchev–Trinajstić information content (AvgIpc) is 2.79. The third-order valence-corrected chi connectivity index (χ3v) is 5.77. The van der Waals surface area contributed by atoms with Crippen molar-refractivity contribution in [3.8, 4) is 5.75 Å². The molecule has 31 heavy (non-hydrogen) atoms. The molecule has 1 aromatic heterocycles. The number of ether oxygens (including phenoxy) is 3. The number of aromatic amines is 1. The fourth-order valence-corrected chi connectivity index (χ4v) is 3.80. The van der Waals surface area contributed by atoms with Gasteiger partial charge in [0.05, 0.1) is 32.4 Å². The van der Waals surface area contributed by atoms with Gasteiger partial charge in [-0.15, -0.1) is 0 Å². The van der Waals surface area contributed by atoms with Crippen molar-refractivity contribution < 1.29 is 14.2 Å². The van der Waals surface area contributed by atoms with E-state index in [4.69, 9.17) is 26.4 Å². The highest BCUT2D eigenvalue weighted by molar-refractivity contribution is 7.80. The standard InChI is InChI=1S/C22H32N4O4S/c1-28-11-3-6-23-22(31)26(8-7-25-9-12-30-13-10-25)16-18-14-17-4-5-19(29-2)15-20(17)24-21(18)27/h4-5,14-15H,3,6-13,16H2,1-2H3,(H,23,31)(H,24,27). The molecule has 0 spiro atoms.